The topological polar surface area (TPSA) is 184 Å². The Hall–Kier alpha value is -6.37. The number of nitrogens with zero attached hydrogens (tertiary/aromatic N) is 4. The van der Waals surface area contributed by atoms with Gasteiger partial charge in [0.15, 0.2) is 0 Å². The minimum Gasteiger partial charge on any atom is -0.384 e. The van der Waals surface area contributed by atoms with Crippen LogP contribution in [0.25, 0.3) is 5.57 Å². The number of aromatic amines is 1. The van der Waals surface area contributed by atoms with Gasteiger partial charge in [0.1, 0.15) is 11.9 Å². The lowest BCUT2D eigenvalue weighted by atomic mass is 9.96. The molecule has 6 amide bonds. The molecular weight excluding hydrogens is 829 g/mol. The van der Waals surface area contributed by atoms with Crippen LogP contribution in [-0.2, 0) is 20.6 Å². The Balaban J connectivity index is 0.966. The molecule has 2 saturated heterocycles. The van der Waals surface area contributed by atoms with E-state index in [0.29, 0.717) is 68.1 Å². The van der Waals surface area contributed by atoms with Crippen molar-refractivity contribution in [1.82, 2.24) is 25.0 Å². The predicted octanol–water partition coefficient (Wildman–Crippen LogP) is 5.00. The zero-order valence-corrected chi connectivity index (χ0v) is 35.0. The van der Waals surface area contributed by atoms with Crippen LogP contribution < -0.4 is 26.4 Å². The summed E-state index contributed by atoms with van der Waals surface area (Å²) in [4.78, 5) is 97.8. The minimum atomic E-state index is -4.99. The minimum absolute atomic E-state index is 0.0190. The van der Waals surface area contributed by atoms with Gasteiger partial charge in [-0.1, -0.05) is 18.6 Å². The van der Waals surface area contributed by atoms with E-state index in [1.165, 1.54) is 18.2 Å². The highest BCUT2D eigenvalue weighted by atomic mass is 19.4. The number of halogens is 4. The lowest BCUT2D eigenvalue weighted by molar-refractivity contribution is -0.138. The van der Waals surface area contributed by atoms with Gasteiger partial charge in [-0.3, -0.25) is 48.7 Å². The molecule has 19 heteroatoms. The van der Waals surface area contributed by atoms with Crippen molar-refractivity contribution in [2.75, 3.05) is 55.3 Å². The number of alkyl halides is 3. The number of carbonyl (C=O) groups is 6. The molecule has 4 N–H and O–H groups in total. The quantitative estimate of drug-likeness (QED) is 0.110. The molecule has 2 fully saturated rings. The molecular formula is C44H48F4N8O7. The zero-order valence-electron chi connectivity index (χ0n) is 35.0. The second kappa shape index (κ2) is 18.2. The van der Waals surface area contributed by atoms with Gasteiger partial charge in [-0.25, -0.2) is 4.39 Å². The van der Waals surface area contributed by atoms with Gasteiger partial charge in [-0.2, -0.15) is 13.2 Å². The molecule has 1 unspecified atom stereocenters. The lowest BCUT2D eigenvalue weighted by Gasteiger charge is -2.44. The molecule has 0 radical (unpaired) electrons. The third-order valence-corrected chi connectivity index (χ3v) is 12.3. The number of carbonyl (C=O) groups excluding carboxylic acids is 6. The van der Waals surface area contributed by atoms with E-state index >= 15 is 4.39 Å². The SMILES string of the molecule is C[C@@H]1CN(c2cc(F)c(C3=CCN(C(=O)CCCCCNc4cccc5c4C(=O)N(C4CCC(=O)NC4=O)C5=O)CC3)cc2NC(=O)c2c[nH]c(=O)cc2C(F)(F)F)C[C@H](C)N1C. The highest BCUT2D eigenvalue weighted by Gasteiger charge is 2.45. The van der Waals surface area contributed by atoms with Crippen LogP contribution in [0, 0.1) is 5.82 Å². The molecule has 1 aromatic heterocycles. The van der Waals surface area contributed by atoms with Crippen LogP contribution in [0.15, 0.2) is 53.5 Å². The van der Waals surface area contributed by atoms with E-state index in [1.807, 2.05) is 25.8 Å². The summed E-state index contributed by atoms with van der Waals surface area (Å²) >= 11 is 0. The fraction of sp³-hybridized carbons (Fsp3) is 0.432. The van der Waals surface area contributed by atoms with Crippen molar-refractivity contribution < 1.29 is 46.3 Å². The fourth-order valence-electron chi connectivity index (χ4n) is 8.62. The first kappa shape index (κ1) is 44.7. The number of likely N-dealkylation sites (N-methyl/N-ethyl adjacent to an activating group) is 1. The number of hydrogen-bond acceptors (Lipinski definition) is 10. The normalized spacial score (nSPS) is 20.7. The Bertz CT molecular complexity index is 2440. The Morgan fingerprint density at radius 3 is 2.33 bits per heavy atom. The average Bonchev–Trinajstić information content (AvgIpc) is 3.49. The molecule has 4 aliphatic heterocycles. The van der Waals surface area contributed by atoms with Crippen LogP contribution in [0.1, 0.15) is 101 Å². The fourth-order valence-corrected chi connectivity index (χ4v) is 8.62. The van der Waals surface area contributed by atoms with E-state index in [9.17, 15) is 46.7 Å². The maximum Gasteiger partial charge on any atom is 0.417 e. The summed E-state index contributed by atoms with van der Waals surface area (Å²) in [5, 5.41) is 7.96. The molecule has 334 valence electrons. The molecule has 63 heavy (non-hydrogen) atoms. The number of H-pyrrole nitrogens is 1. The summed E-state index contributed by atoms with van der Waals surface area (Å²) in [6, 6.07) is 6.85. The van der Waals surface area contributed by atoms with Crippen LogP contribution >= 0.6 is 0 Å². The standard InChI is InChI=1S/C44H48F4N8O7/c1-24-22-55(23-25(2)53(24)3)35-20-31(45)28(18-33(35)51-40(60)29-21-50-37(58)19-30(29)44(46,47)48)26-13-16-54(17-14-26)38(59)10-5-4-6-15-49-32-9-7-8-27-39(32)43(63)56(42(27)62)34-11-12-36(57)52-41(34)61/h7-9,13,18-21,24-25,34,49H,4-6,10-12,14-17,22-23H2,1-3H3,(H,50,58)(H,51,60)(H,52,57,61)/t24-,25+,34?. The highest BCUT2D eigenvalue weighted by Crippen LogP contribution is 2.38. The van der Waals surface area contributed by atoms with Crippen LogP contribution in [-0.4, -0.2) is 113 Å². The first-order chi connectivity index (χ1) is 29.9. The first-order valence-corrected chi connectivity index (χ1v) is 20.9. The molecule has 4 aliphatic rings. The number of hydrogen-bond donors (Lipinski definition) is 4. The van der Waals surface area contributed by atoms with E-state index in [-0.39, 0.29) is 79.1 Å². The number of piperidine rings is 1. The molecule has 15 nitrogen and oxygen atoms in total. The maximum atomic E-state index is 16.1. The van der Waals surface area contributed by atoms with Gasteiger partial charge < -0.3 is 25.4 Å². The largest absolute Gasteiger partial charge is 0.417 e. The first-order valence-electron chi connectivity index (χ1n) is 20.9. The monoisotopic (exact) mass is 876 g/mol. The van der Waals surface area contributed by atoms with Gasteiger partial charge in [0, 0.05) is 81.2 Å². The predicted molar refractivity (Wildman–Crippen MR) is 225 cm³/mol. The van der Waals surface area contributed by atoms with Crippen molar-refractivity contribution in [3.8, 4) is 0 Å². The van der Waals surface area contributed by atoms with Crippen molar-refractivity contribution in [3.05, 3.63) is 92.7 Å². The third kappa shape index (κ3) is 9.38. The van der Waals surface area contributed by atoms with Crippen molar-refractivity contribution >= 4 is 58.1 Å². The number of benzene rings is 2. The van der Waals surface area contributed by atoms with Crippen molar-refractivity contribution in [1.29, 1.82) is 0 Å². The van der Waals surface area contributed by atoms with Gasteiger partial charge in [-0.15, -0.1) is 0 Å². The maximum absolute atomic E-state index is 16.1. The van der Waals surface area contributed by atoms with E-state index in [1.54, 1.807) is 23.1 Å². The number of rotatable bonds is 12. The van der Waals surface area contributed by atoms with Gasteiger partial charge in [-0.05, 0) is 76.4 Å². The molecule has 3 aromatic rings. The number of anilines is 3. The van der Waals surface area contributed by atoms with Crippen molar-refractivity contribution in [2.24, 2.45) is 0 Å². The number of pyridine rings is 1. The van der Waals surface area contributed by atoms with Gasteiger partial charge in [0.05, 0.1) is 33.6 Å². The average molecular weight is 877 g/mol. The van der Waals surface area contributed by atoms with Gasteiger partial charge in [0.2, 0.25) is 23.3 Å². The summed E-state index contributed by atoms with van der Waals surface area (Å²) in [6.45, 7) is 5.82. The molecule has 0 spiro atoms. The highest BCUT2D eigenvalue weighted by molar-refractivity contribution is 6.25. The Labute approximate surface area is 359 Å². The van der Waals surface area contributed by atoms with Gasteiger partial charge in [0.25, 0.3) is 17.7 Å². The molecule has 0 saturated carbocycles. The number of nitrogens with one attached hydrogen (secondary N) is 4. The van der Waals surface area contributed by atoms with E-state index in [0.717, 1.165) is 4.90 Å². The summed E-state index contributed by atoms with van der Waals surface area (Å²) in [6.07, 6.45) is -0.0786. The van der Waals surface area contributed by atoms with Crippen LogP contribution in [0.4, 0.5) is 34.6 Å². The molecule has 0 aliphatic carbocycles. The van der Waals surface area contributed by atoms with Crippen LogP contribution in [0.3, 0.4) is 0 Å². The summed E-state index contributed by atoms with van der Waals surface area (Å²) in [5.41, 5.74) is -1.34. The lowest BCUT2D eigenvalue weighted by Crippen LogP contribution is -2.55. The smallest absolute Gasteiger partial charge is 0.384 e. The number of imide groups is 2. The molecule has 0 bridgehead atoms. The molecule has 3 atom stereocenters. The zero-order chi connectivity index (χ0) is 45.3. The van der Waals surface area contributed by atoms with Gasteiger partial charge >= 0.3 is 6.18 Å². The number of amides is 6. The van der Waals surface area contributed by atoms with E-state index < -0.39 is 64.3 Å². The van der Waals surface area contributed by atoms with E-state index in [2.05, 4.69) is 25.8 Å². The van der Waals surface area contributed by atoms with Crippen molar-refractivity contribution in [2.45, 2.75) is 83.1 Å². The van der Waals surface area contributed by atoms with Crippen LogP contribution in [0.2, 0.25) is 0 Å². The second-order valence-electron chi connectivity index (χ2n) is 16.4. The summed E-state index contributed by atoms with van der Waals surface area (Å²) < 4.78 is 57.8. The van der Waals surface area contributed by atoms with Crippen LogP contribution in [0.5, 0.6) is 0 Å². The Kier molecular flexibility index (Phi) is 12.9. The summed E-state index contributed by atoms with van der Waals surface area (Å²) in [5.74, 6) is -4.17. The number of unbranched alkanes of at least 4 members (excludes halogenated alkanes) is 2. The Morgan fingerprint density at radius 2 is 1.65 bits per heavy atom. The molecule has 2 aromatic carbocycles. The Morgan fingerprint density at radius 1 is 0.905 bits per heavy atom. The third-order valence-electron chi connectivity index (χ3n) is 12.3. The molecule has 7 rings (SSSR count). The van der Waals surface area contributed by atoms with Crippen molar-refractivity contribution in [3.63, 3.8) is 0 Å². The summed E-state index contributed by atoms with van der Waals surface area (Å²) in [7, 11) is 1.96. The number of piperazine rings is 1. The molecule has 5 heterocycles. The van der Waals surface area contributed by atoms with E-state index in [4.69, 9.17) is 0 Å². The number of fused-ring (bicyclic) bond motifs is 1. The second-order valence-corrected chi connectivity index (χ2v) is 16.4. The number of aromatic nitrogens is 1.